The standard InChI is InChI=1S/C25H32N4O2/c26-24(27)20-11-9-10-19(18-20)23-25(30)29(21-12-3-4-13-22(21)31-23)17-8-2-7-16-28-14-5-1-6-15-28/h3-4,9-13,18,23H,1-2,5-8,14-17H2,(H3,26,27). The Morgan fingerprint density at radius 3 is 2.58 bits per heavy atom. The van der Waals surface area contributed by atoms with Crippen molar-refractivity contribution in [2.24, 2.45) is 5.73 Å². The van der Waals surface area contributed by atoms with Crippen molar-refractivity contribution in [2.75, 3.05) is 31.1 Å². The number of nitrogens with zero attached hydrogens (tertiary/aromatic N) is 2. The van der Waals surface area contributed by atoms with E-state index in [0.29, 0.717) is 17.9 Å². The van der Waals surface area contributed by atoms with E-state index < -0.39 is 6.10 Å². The van der Waals surface area contributed by atoms with Gasteiger partial charge in [0.2, 0.25) is 6.10 Å². The molecule has 1 amide bonds. The van der Waals surface area contributed by atoms with Gasteiger partial charge < -0.3 is 20.3 Å². The van der Waals surface area contributed by atoms with Crippen molar-refractivity contribution in [3.8, 4) is 5.75 Å². The molecular formula is C25H32N4O2. The van der Waals surface area contributed by atoms with Crippen LogP contribution in [0.15, 0.2) is 48.5 Å². The van der Waals surface area contributed by atoms with E-state index in [-0.39, 0.29) is 11.7 Å². The van der Waals surface area contributed by atoms with E-state index >= 15 is 0 Å². The third-order valence-corrected chi connectivity index (χ3v) is 6.20. The average molecular weight is 421 g/mol. The molecule has 2 aliphatic heterocycles. The maximum atomic E-state index is 13.4. The molecule has 164 valence electrons. The minimum atomic E-state index is -0.720. The molecule has 31 heavy (non-hydrogen) atoms. The second-order valence-electron chi connectivity index (χ2n) is 8.46. The lowest BCUT2D eigenvalue weighted by atomic mass is 10.0. The number of ether oxygens (including phenoxy) is 1. The number of hydrogen-bond acceptors (Lipinski definition) is 4. The van der Waals surface area contributed by atoms with E-state index in [2.05, 4.69) is 4.90 Å². The van der Waals surface area contributed by atoms with Gasteiger partial charge in [0.1, 0.15) is 11.6 Å². The second kappa shape index (κ2) is 9.96. The number of carbonyl (C=O) groups excluding carboxylic acids is 1. The maximum Gasteiger partial charge on any atom is 0.272 e. The number of unbranched alkanes of at least 4 members (excludes halogenated alkanes) is 2. The molecule has 1 unspecified atom stereocenters. The Balaban J connectivity index is 1.43. The number of likely N-dealkylation sites (tertiary alicyclic amines) is 1. The highest BCUT2D eigenvalue weighted by Crippen LogP contribution is 2.39. The zero-order chi connectivity index (χ0) is 21.6. The number of para-hydroxylation sites is 2. The van der Waals surface area contributed by atoms with Gasteiger partial charge in [-0.15, -0.1) is 0 Å². The first-order valence-electron chi connectivity index (χ1n) is 11.4. The predicted octanol–water partition coefficient (Wildman–Crippen LogP) is 4.09. The predicted molar refractivity (Wildman–Crippen MR) is 124 cm³/mol. The molecule has 1 fully saturated rings. The fourth-order valence-corrected chi connectivity index (χ4v) is 4.49. The molecule has 2 aromatic rings. The summed E-state index contributed by atoms with van der Waals surface area (Å²) in [5.74, 6) is 0.639. The molecule has 0 aliphatic carbocycles. The van der Waals surface area contributed by atoms with Gasteiger partial charge in [-0.1, -0.05) is 43.2 Å². The highest BCUT2D eigenvalue weighted by atomic mass is 16.5. The zero-order valence-electron chi connectivity index (χ0n) is 18.1. The number of piperidine rings is 1. The van der Waals surface area contributed by atoms with Crippen molar-refractivity contribution in [3.63, 3.8) is 0 Å². The van der Waals surface area contributed by atoms with Crippen LogP contribution in [0.2, 0.25) is 0 Å². The summed E-state index contributed by atoms with van der Waals surface area (Å²) < 4.78 is 6.09. The SMILES string of the molecule is N=C(N)c1cccc(C2Oc3ccccc3N(CCCCCN3CCCCC3)C2=O)c1. The van der Waals surface area contributed by atoms with Crippen molar-refractivity contribution >= 4 is 17.4 Å². The van der Waals surface area contributed by atoms with Gasteiger partial charge in [-0.3, -0.25) is 10.2 Å². The second-order valence-corrected chi connectivity index (χ2v) is 8.46. The number of fused-ring (bicyclic) bond motifs is 1. The number of carbonyl (C=O) groups is 1. The van der Waals surface area contributed by atoms with Crippen LogP contribution in [-0.4, -0.2) is 42.8 Å². The summed E-state index contributed by atoms with van der Waals surface area (Å²) >= 11 is 0. The van der Waals surface area contributed by atoms with E-state index in [1.54, 1.807) is 12.1 Å². The Hall–Kier alpha value is -2.86. The smallest absolute Gasteiger partial charge is 0.272 e. The molecular weight excluding hydrogens is 388 g/mol. The summed E-state index contributed by atoms with van der Waals surface area (Å²) in [4.78, 5) is 17.8. The van der Waals surface area contributed by atoms with Gasteiger partial charge in [-0.05, 0) is 63.5 Å². The molecule has 0 aromatic heterocycles. The zero-order valence-corrected chi connectivity index (χ0v) is 18.1. The summed E-state index contributed by atoms with van der Waals surface area (Å²) in [7, 11) is 0. The third-order valence-electron chi connectivity index (χ3n) is 6.20. The third kappa shape index (κ3) is 5.07. The summed E-state index contributed by atoms with van der Waals surface area (Å²) in [5.41, 5.74) is 7.80. The van der Waals surface area contributed by atoms with Crippen LogP contribution in [0, 0.1) is 5.41 Å². The fraction of sp³-hybridized carbons (Fsp3) is 0.440. The Kier molecular flexibility index (Phi) is 6.87. The van der Waals surface area contributed by atoms with Gasteiger partial charge in [0, 0.05) is 17.7 Å². The molecule has 0 saturated carbocycles. The number of anilines is 1. The normalized spacial score (nSPS) is 19.0. The summed E-state index contributed by atoms with van der Waals surface area (Å²) in [6.07, 6.45) is 6.54. The van der Waals surface area contributed by atoms with Crippen LogP contribution >= 0.6 is 0 Å². The van der Waals surface area contributed by atoms with Crippen LogP contribution in [-0.2, 0) is 4.79 Å². The molecule has 3 N–H and O–H groups in total. The molecule has 6 heteroatoms. The quantitative estimate of drug-likeness (QED) is 0.383. The van der Waals surface area contributed by atoms with E-state index in [1.807, 2.05) is 41.3 Å². The molecule has 1 saturated heterocycles. The minimum absolute atomic E-state index is 0.0175. The van der Waals surface area contributed by atoms with Gasteiger partial charge in [0.15, 0.2) is 0 Å². The number of amidine groups is 1. The highest BCUT2D eigenvalue weighted by molar-refractivity contribution is 6.01. The van der Waals surface area contributed by atoms with Crippen LogP contribution in [0.4, 0.5) is 5.69 Å². The van der Waals surface area contributed by atoms with Gasteiger partial charge in [-0.25, -0.2) is 0 Å². The van der Waals surface area contributed by atoms with E-state index in [0.717, 1.165) is 30.6 Å². The lowest BCUT2D eigenvalue weighted by molar-refractivity contribution is -0.126. The van der Waals surface area contributed by atoms with Gasteiger partial charge in [-0.2, -0.15) is 0 Å². The molecule has 4 rings (SSSR count). The van der Waals surface area contributed by atoms with Crippen molar-refractivity contribution in [1.29, 1.82) is 5.41 Å². The van der Waals surface area contributed by atoms with Crippen LogP contribution in [0.5, 0.6) is 5.75 Å². The van der Waals surface area contributed by atoms with Gasteiger partial charge in [0.05, 0.1) is 5.69 Å². The van der Waals surface area contributed by atoms with Crippen molar-refractivity contribution < 1.29 is 9.53 Å². The first kappa shape index (κ1) is 21.4. The minimum Gasteiger partial charge on any atom is -0.474 e. The summed E-state index contributed by atoms with van der Waals surface area (Å²) in [6, 6.07) is 14.9. The number of rotatable bonds is 8. The molecule has 2 aliphatic rings. The average Bonchev–Trinajstić information content (AvgIpc) is 2.80. The van der Waals surface area contributed by atoms with E-state index in [9.17, 15) is 4.79 Å². The number of nitrogens with two attached hydrogens (primary N) is 1. The molecule has 0 spiro atoms. The molecule has 6 nitrogen and oxygen atoms in total. The Labute approximate surface area is 184 Å². The molecule has 0 bridgehead atoms. The number of benzene rings is 2. The van der Waals surface area contributed by atoms with Crippen LogP contribution in [0.3, 0.4) is 0 Å². The fourth-order valence-electron chi connectivity index (χ4n) is 4.49. The molecule has 1 atom stereocenters. The first-order valence-corrected chi connectivity index (χ1v) is 11.4. The lowest BCUT2D eigenvalue weighted by Gasteiger charge is -2.34. The molecule has 0 radical (unpaired) electrons. The number of amides is 1. The Morgan fingerprint density at radius 1 is 1.00 bits per heavy atom. The maximum absolute atomic E-state index is 13.4. The summed E-state index contributed by atoms with van der Waals surface area (Å²) in [5, 5.41) is 7.70. The van der Waals surface area contributed by atoms with Crippen LogP contribution in [0.25, 0.3) is 0 Å². The Morgan fingerprint density at radius 2 is 1.77 bits per heavy atom. The monoisotopic (exact) mass is 420 g/mol. The molecule has 2 aromatic carbocycles. The highest BCUT2D eigenvalue weighted by Gasteiger charge is 2.35. The molecule has 2 heterocycles. The van der Waals surface area contributed by atoms with Gasteiger partial charge >= 0.3 is 0 Å². The topological polar surface area (TPSA) is 82.7 Å². The number of hydrogen-bond donors (Lipinski definition) is 2. The number of nitrogens with one attached hydrogen (secondary N) is 1. The first-order chi connectivity index (χ1) is 15.1. The van der Waals surface area contributed by atoms with Crippen molar-refractivity contribution in [1.82, 2.24) is 4.90 Å². The Bertz CT molecular complexity index is 923. The largest absolute Gasteiger partial charge is 0.474 e. The summed E-state index contributed by atoms with van der Waals surface area (Å²) in [6.45, 7) is 4.31. The van der Waals surface area contributed by atoms with Crippen LogP contribution in [0.1, 0.15) is 55.8 Å². The lowest BCUT2D eigenvalue weighted by Crippen LogP contribution is -2.41. The van der Waals surface area contributed by atoms with E-state index in [1.165, 1.54) is 38.8 Å². The van der Waals surface area contributed by atoms with Crippen molar-refractivity contribution in [3.05, 3.63) is 59.7 Å². The van der Waals surface area contributed by atoms with Crippen LogP contribution < -0.4 is 15.4 Å². The van der Waals surface area contributed by atoms with E-state index in [4.69, 9.17) is 15.9 Å². The number of nitrogen functional groups attached to an aromatic ring is 1. The van der Waals surface area contributed by atoms with Gasteiger partial charge in [0.25, 0.3) is 5.91 Å². The van der Waals surface area contributed by atoms with Crippen molar-refractivity contribution in [2.45, 2.75) is 44.6 Å².